The molecule has 0 spiro atoms. The predicted molar refractivity (Wildman–Crippen MR) is 122 cm³/mol. The molecule has 0 radical (unpaired) electrons. The van der Waals surface area contributed by atoms with Gasteiger partial charge < -0.3 is 4.42 Å². The maximum atomic E-state index is 13.3. The summed E-state index contributed by atoms with van der Waals surface area (Å²) in [5.74, 6) is 1.38. The molecular weight excluding hydrogens is 432 g/mol. The fraction of sp³-hybridized carbons (Fsp3) is 0.304. The largest absolute Gasteiger partial charge is 0.420 e. The minimum Gasteiger partial charge on any atom is -0.420 e. The van der Waals surface area contributed by atoms with Crippen molar-refractivity contribution in [3.8, 4) is 11.5 Å². The summed E-state index contributed by atoms with van der Waals surface area (Å²) in [5, 5.41) is 10.3. The Morgan fingerprint density at radius 3 is 2.61 bits per heavy atom. The van der Waals surface area contributed by atoms with Crippen LogP contribution in [0.3, 0.4) is 0 Å². The third-order valence-corrected chi connectivity index (χ3v) is 6.79. The Morgan fingerprint density at radius 2 is 1.81 bits per heavy atom. The monoisotopic (exact) mass is 452 g/mol. The second-order valence-electron chi connectivity index (χ2n) is 7.68. The first-order valence-corrected chi connectivity index (χ1v) is 11.8. The molecule has 0 aliphatic heterocycles. The Bertz CT molecular complexity index is 1260. The van der Waals surface area contributed by atoms with Crippen LogP contribution in [-0.4, -0.2) is 19.7 Å². The molecule has 0 unspecified atom stereocenters. The fourth-order valence-corrected chi connectivity index (χ4v) is 5.07. The van der Waals surface area contributed by atoms with Crippen molar-refractivity contribution in [3.63, 3.8) is 0 Å². The standard InChI is InChI=1S/C23H21ClN4O2S/c24-16-12-10-15(11-13-16)21-27-26-20(30-21)14-31-23-25-19-9-5-4-8-18(19)22(29)28(23)17-6-2-1-3-7-17/h4-5,8-13,17H,1-3,6-7,14H2. The predicted octanol–water partition coefficient (Wildman–Crippen LogP) is 5.90. The van der Waals surface area contributed by atoms with Gasteiger partial charge in [0.05, 0.1) is 16.7 Å². The van der Waals surface area contributed by atoms with E-state index in [2.05, 4.69) is 10.2 Å². The van der Waals surface area contributed by atoms with Gasteiger partial charge in [0.2, 0.25) is 11.8 Å². The molecule has 8 heteroatoms. The van der Waals surface area contributed by atoms with Crippen LogP contribution in [0.5, 0.6) is 0 Å². The van der Waals surface area contributed by atoms with Gasteiger partial charge >= 0.3 is 0 Å². The molecule has 4 aromatic rings. The second-order valence-corrected chi connectivity index (χ2v) is 9.05. The molecule has 2 aromatic carbocycles. The van der Waals surface area contributed by atoms with E-state index in [-0.39, 0.29) is 11.6 Å². The van der Waals surface area contributed by atoms with Crippen LogP contribution in [0.25, 0.3) is 22.4 Å². The third kappa shape index (κ3) is 4.25. The van der Waals surface area contributed by atoms with E-state index in [9.17, 15) is 4.79 Å². The molecule has 1 saturated carbocycles. The van der Waals surface area contributed by atoms with Gasteiger partial charge in [0, 0.05) is 16.6 Å². The normalized spacial score (nSPS) is 14.9. The molecule has 0 atom stereocenters. The molecular formula is C23H21ClN4O2S. The fourth-order valence-electron chi connectivity index (χ4n) is 4.04. The highest BCUT2D eigenvalue weighted by atomic mass is 35.5. The van der Waals surface area contributed by atoms with E-state index in [0.29, 0.717) is 33.1 Å². The lowest BCUT2D eigenvalue weighted by Crippen LogP contribution is -2.29. The molecule has 2 aromatic heterocycles. The lowest BCUT2D eigenvalue weighted by molar-refractivity contribution is 0.326. The number of benzene rings is 2. The molecule has 6 nitrogen and oxygen atoms in total. The summed E-state index contributed by atoms with van der Waals surface area (Å²) in [6, 6.07) is 15.0. The molecule has 0 saturated heterocycles. The van der Waals surface area contributed by atoms with Gasteiger partial charge in [-0.1, -0.05) is 54.8 Å². The maximum Gasteiger partial charge on any atom is 0.262 e. The Kier molecular flexibility index (Phi) is 5.78. The highest BCUT2D eigenvalue weighted by molar-refractivity contribution is 7.98. The minimum atomic E-state index is 0.0346. The zero-order valence-electron chi connectivity index (χ0n) is 16.8. The van der Waals surface area contributed by atoms with Crippen molar-refractivity contribution in [2.75, 3.05) is 0 Å². The van der Waals surface area contributed by atoms with Gasteiger partial charge in [0.15, 0.2) is 5.16 Å². The van der Waals surface area contributed by atoms with E-state index in [0.717, 1.165) is 36.8 Å². The number of thioether (sulfide) groups is 1. The number of aromatic nitrogens is 4. The van der Waals surface area contributed by atoms with Crippen LogP contribution in [0.2, 0.25) is 5.02 Å². The van der Waals surface area contributed by atoms with Gasteiger partial charge in [-0.25, -0.2) is 4.98 Å². The number of hydrogen-bond donors (Lipinski definition) is 0. The van der Waals surface area contributed by atoms with E-state index in [1.165, 1.54) is 18.2 Å². The van der Waals surface area contributed by atoms with Crippen LogP contribution in [-0.2, 0) is 5.75 Å². The van der Waals surface area contributed by atoms with Crippen molar-refractivity contribution in [3.05, 3.63) is 69.8 Å². The number of para-hydroxylation sites is 1. The Labute approximate surface area is 188 Å². The lowest BCUT2D eigenvalue weighted by Gasteiger charge is -2.26. The Morgan fingerprint density at radius 1 is 1.03 bits per heavy atom. The van der Waals surface area contributed by atoms with Crippen molar-refractivity contribution in [2.45, 2.75) is 49.1 Å². The summed E-state index contributed by atoms with van der Waals surface area (Å²) >= 11 is 7.42. The maximum absolute atomic E-state index is 13.3. The van der Waals surface area contributed by atoms with Crippen molar-refractivity contribution in [1.29, 1.82) is 0 Å². The smallest absolute Gasteiger partial charge is 0.262 e. The molecule has 1 aliphatic rings. The van der Waals surface area contributed by atoms with Crippen LogP contribution < -0.4 is 5.56 Å². The molecule has 158 valence electrons. The van der Waals surface area contributed by atoms with Crippen LogP contribution >= 0.6 is 23.4 Å². The minimum absolute atomic E-state index is 0.0346. The zero-order valence-corrected chi connectivity index (χ0v) is 18.4. The lowest BCUT2D eigenvalue weighted by atomic mass is 9.95. The zero-order chi connectivity index (χ0) is 21.2. The van der Waals surface area contributed by atoms with Gasteiger partial charge in [0.25, 0.3) is 5.56 Å². The van der Waals surface area contributed by atoms with E-state index >= 15 is 0 Å². The molecule has 0 amide bonds. The second kappa shape index (κ2) is 8.85. The highest BCUT2D eigenvalue weighted by Gasteiger charge is 2.22. The molecule has 5 rings (SSSR count). The summed E-state index contributed by atoms with van der Waals surface area (Å²) < 4.78 is 7.72. The highest BCUT2D eigenvalue weighted by Crippen LogP contribution is 2.32. The van der Waals surface area contributed by atoms with Crippen molar-refractivity contribution in [2.24, 2.45) is 0 Å². The van der Waals surface area contributed by atoms with Crippen LogP contribution in [0, 0.1) is 0 Å². The number of fused-ring (bicyclic) bond motifs is 1. The van der Waals surface area contributed by atoms with Gasteiger partial charge in [-0.2, -0.15) is 0 Å². The molecule has 2 heterocycles. The van der Waals surface area contributed by atoms with Crippen LogP contribution in [0.15, 0.2) is 62.9 Å². The number of rotatable bonds is 5. The molecule has 31 heavy (non-hydrogen) atoms. The molecule has 1 aliphatic carbocycles. The van der Waals surface area contributed by atoms with Gasteiger partial charge in [-0.3, -0.25) is 9.36 Å². The molecule has 0 bridgehead atoms. The molecule has 0 N–H and O–H groups in total. The first-order chi connectivity index (χ1) is 15.2. The average molecular weight is 453 g/mol. The van der Waals surface area contributed by atoms with E-state index < -0.39 is 0 Å². The van der Waals surface area contributed by atoms with Gasteiger partial charge in [0.1, 0.15) is 0 Å². The third-order valence-electron chi connectivity index (χ3n) is 5.60. The van der Waals surface area contributed by atoms with E-state index in [1.807, 2.05) is 41.0 Å². The first-order valence-electron chi connectivity index (χ1n) is 10.4. The Hall–Kier alpha value is -2.64. The topological polar surface area (TPSA) is 73.8 Å². The number of hydrogen-bond acceptors (Lipinski definition) is 6. The SMILES string of the molecule is O=c1c2ccccc2nc(SCc2nnc(-c3ccc(Cl)cc3)o2)n1C1CCCCC1. The van der Waals surface area contributed by atoms with Gasteiger partial charge in [-0.05, 0) is 49.2 Å². The van der Waals surface area contributed by atoms with E-state index in [4.69, 9.17) is 21.0 Å². The summed E-state index contributed by atoms with van der Waals surface area (Å²) in [5.41, 5.74) is 1.57. The average Bonchev–Trinajstić information content (AvgIpc) is 3.28. The van der Waals surface area contributed by atoms with Crippen molar-refractivity contribution < 1.29 is 4.42 Å². The van der Waals surface area contributed by atoms with Gasteiger partial charge in [-0.15, -0.1) is 10.2 Å². The van der Waals surface area contributed by atoms with E-state index in [1.54, 1.807) is 12.1 Å². The number of halogens is 1. The Balaban J connectivity index is 1.44. The summed E-state index contributed by atoms with van der Waals surface area (Å²) in [7, 11) is 0. The quantitative estimate of drug-likeness (QED) is 0.277. The summed E-state index contributed by atoms with van der Waals surface area (Å²) in [6.45, 7) is 0. The first kappa shape index (κ1) is 20.3. The van der Waals surface area contributed by atoms with Crippen LogP contribution in [0.1, 0.15) is 44.0 Å². The summed E-state index contributed by atoms with van der Waals surface area (Å²) in [6.07, 6.45) is 5.53. The molecule has 1 fully saturated rings. The summed E-state index contributed by atoms with van der Waals surface area (Å²) in [4.78, 5) is 18.1. The van der Waals surface area contributed by atoms with Crippen molar-refractivity contribution >= 4 is 34.3 Å². The van der Waals surface area contributed by atoms with Crippen molar-refractivity contribution in [1.82, 2.24) is 19.7 Å². The number of nitrogens with zero attached hydrogens (tertiary/aromatic N) is 4. The van der Waals surface area contributed by atoms with Crippen LogP contribution in [0.4, 0.5) is 0 Å².